The van der Waals surface area contributed by atoms with Gasteiger partial charge in [0.1, 0.15) is 5.75 Å². The minimum Gasteiger partial charge on any atom is -0.508 e. The van der Waals surface area contributed by atoms with Crippen LogP contribution in [0, 0.1) is 0 Å². The van der Waals surface area contributed by atoms with Gasteiger partial charge in [-0.2, -0.15) is 5.10 Å². The fraction of sp³-hybridized carbons (Fsp3) is 0.0588. The maximum atomic E-state index is 9.52. The van der Waals surface area contributed by atoms with Gasteiger partial charge in [-0.15, -0.1) is 11.3 Å². The average molecular weight is 309 g/mol. The van der Waals surface area contributed by atoms with E-state index in [9.17, 15) is 5.11 Å². The number of nitrogens with zero attached hydrogens (tertiary/aromatic N) is 3. The van der Waals surface area contributed by atoms with Gasteiger partial charge in [-0.25, -0.2) is 4.68 Å². The molecule has 0 aliphatic carbocycles. The molecule has 0 atom stereocenters. The Kier molecular flexibility index (Phi) is 4.16. The Labute approximate surface area is 132 Å². The van der Waals surface area contributed by atoms with Crippen molar-refractivity contribution >= 4 is 17.6 Å². The highest BCUT2D eigenvalue weighted by molar-refractivity contribution is 7.07. The largest absolute Gasteiger partial charge is 0.508 e. The van der Waals surface area contributed by atoms with Gasteiger partial charge in [-0.05, 0) is 17.7 Å². The summed E-state index contributed by atoms with van der Waals surface area (Å²) in [6, 6.07) is 17.1. The molecule has 0 aliphatic heterocycles. The van der Waals surface area contributed by atoms with E-state index in [4.69, 9.17) is 0 Å². The molecule has 0 unspecified atom stereocenters. The van der Waals surface area contributed by atoms with Crippen LogP contribution in [-0.4, -0.2) is 23.0 Å². The number of aromatic hydroxyl groups is 1. The number of thiazole rings is 1. The Morgan fingerprint density at radius 3 is 2.64 bits per heavy atom. The van der Waals surface area contributed by atoms with Crippen LogP contribution in [0.4, 0.5) is 0 Å². The Morgan fingerprint density at radius 2 is 1.91 bits per heavy atom. The van der Waals surface area contributed by atoms with Crippen LogP contribution in [-0.2, 0) is 0 Å². The Morgan fingerprint density at radius 1 is 1.09 bits per heavy atom. The Balaban J connectivity index is 2.05. The first-order valence-corrected chi connectivity index (χ1v) is 7.68. The van der Waals surface area contributed by atoms with Crippen LogP contribution in [0.5, 0.6) is 5.75 Å². The second-order valence-corrected chi connectivity index (χ2v) is 5.48. The summed E-state index contributed by atoms with van der Waals surface area (Å²) in [6.07, 6.45) is 1.72. The molecule has 0 aliphatic rings. The molecule has 0 radical (unpaired) electrons. The maximum Gasteiger partial charge on any atom is 0.205 e. The van der Waals surface area contributed by atoms with Crippen LogP contribution in [0.15, 0.2) is 70.1 Å². The Hall–Kier alpha value is -2.66. The summed E-state index contributed by atoms with van der Waals surface area (Å²) >= 11 is 1.54. The summed E-state index contributed by atoms with van der Waals surface area (Å²) in [6.45, 7) is 0. The standard InChI is InChI=1S/C17H15N3OS/c1-18-17-20(19-11-13-6-5-9-15(21)10-13)16(12-22-17)14-7-3-2-4-8-14/h2-12,21H,1H3. The van der Waals surface area contributed by atoms with Gasteiger partial charge in [-0.1, -0.05) is 42.5 Å². The summed E-state index contributed by atoms with van der Waals surface area (Å²) in [4.78, 5) is 5.08. The average Bonchev–Trinajstić information content (AvgIpc) is 2.97. The molecule has 110 valence electrons. The van der Waals surface area contributed by atoms with Gasteiger partial charge in [0.05, 0.1) is 11.9 Å². The zero-order valence-corrected chi connectivity index (χ0v) is 12.9. The van der Waals surface area contributed by atoms with Gasteiger partial charge in [0.2, 0.25) is 4.80 Å². The molecular weight excluding hydrogens is 294 g/mol. The van der Waals surface area contributed by atoms with Crippen LogP contribution in [0.3, 0.4) is 0 Å². The van der Waals surface area contributed by atoms with Gasteiger partial charge in [-0.3, -0.25) is 4.99 Å². The van der Waals surface area contributed by atoms with Crippen LogP contribution >= 0.6 is 11.3 Å². The number of hydrogen-bond donors (Lipinski definition) is 1. The third-order valence-electron chi connectivity index (χ3n) is 3.14. The summed E-state index contributed by atoms with van der Waals surface area (Å²) in [5, 5.41) is 16.1. The lowest BCUT2D eigenvalue weighted by Crippen LogP contribution is -2.11. The number of benzene rings is 2. The van der Waals surface area contributed by atoms with Crippen molar-refractivity contribution in [3.63, 3.8) is 0 Å². The molecule has 4 nitrogen and oxygen atoms in total. The number of hydrogen-bond acceptors (Lipinski definition) is 4. The van der Waals surface area contributed by atoms with Crippen LogP contribution in [0.25, 0.3) is 11.3 Å². The molecule has 0 bridgehead atoms. The van der Waals surface area contributed by atoms with Crippen molar-refractivity contribution in [3.05, 3.63) is 70.3 Å². The molecule has 5 heteroatoms. The zero-order valence-electron chi connectivity index (χ0n) is 12.0. The van der Waals surface area contributed by atoms with Crippen LogP contribution in [0.1, 0.15) is 5.56 Å². The predicted octanol–water partition coefficient (Wildman–Crippen LogP) is 3.33. The van der Waals surface area contributed by atoms with E-state index < -0.39 is 0 Å². The van der Waals surface area contributed by atoms with Crippen molar-refractivity contribution in [1.82, 2.24) is 4.68 Å². The van der Waals surface area contributed by atoms with Crippen molar-refractivity contribution < 1.29 is 5.11 Å². The first-order chi connectivity index (χ1) is 10.8. The first-order valence-electron chi connectivity index (χ1n) is 6.80. The van der Waals surface area contributed by atoms with Gasteiger partial charge in [0.25, 0.3) is 0 Å². The molecule has 1 heterocycles. The quantitative estimate of drug-likeness (QED) is 0.741. The molecule has 0 fully saturated rings. The Bertz CT molecular complexity index is 863. The van der Waals surface area contributed by atoms with E-state index in [0.717, 1.165) is 21.6 Å². The molecule has 1 N–H and O–H groups in total. The van der Waals surface area contributed by atoms with Crippen molar-refractivity contribution in [3.8, 4) is 17.0 Å². The van der Waals surface area contributed by atoms with E-state index in [1.165, 1.54) is 0 Å². The molecule has 22 heavy (non-hydrogen) atoms. The normalized spacial score (nSPS) is 12.1. The molecule has 0 saturated carbocycles. The highest BCUT2D eigenvalue weighted by Gasteiger charge is 2.06. The smallest absolute Gasteiger partial charge is 0.205 e. The zero-order chi connectivity index (χ0) is 15.4. The van der Waals surface area contributed by atoms with Crippen molar-refractivity contribution in [1.29, 1.82) is 0 Å². The number of phenolic OH excluding ortho intramolecular Hbond substituents is 1. The van der Waals surface area contributed by atoms with E-state index in [2.05, 4.69) is 10.1 Å². The number of aromatic nitrogens is 1. The third-order valence-corrected chi connectivity index (χ3v) is 4.05. The van der Waals surface area contributed by atoms with Gasteiger partial charge in [0, 0.05) is 18.0 Å². The lowest BCUT2D eigenvalue weighted by molar-refractivity contribution is 0.475. The van der Waals surface area contributed by atoms with E-state index in [-0.39, 0.29) is 5.75 Å². The number of phenols is 1. The highest BCUT2D eigenvalue weighted by Crippen LogP contribution is 2.19. The molecule has 0 saturated heterocycles. The minimum absolute atomic E-state index is 0.225. The van der Waals surface area contributed by atoms with E-state index in [1.54, 1.807) is 42.8 Å². The fourth-order valence-corrected chi connectivity index (χ4v) is 2.90. The topological polar surface area (TPSA) is 49.9 Å². The fourth-order valence-electron chi connectivity index (χ4n) is 2.10. The van der Waals surface area contributed by atoms with E-state index in [1.807, 2.05) is 46.5 Å². The van der Waals surface area contributed by atoms with Gasteiger partial charge >= 0.3 is 0 Å². The minimum atomic E-state index is 0.225. The molecule has 0 amide bonds. The lowest BCUT2D eigenvalue weighted by atomic mass is 10.2. The SMILES string of the molecule is CN=c1scc(-c2ccccc2)n1N=Cc1cccc(O)c1. The van der Waals surface area contributed by atoms with Gasteiger partial charge < -0.3 is 5.11 Å². The van der Waals surface area contributed by atoms with Crippen molar-refractivity contribution in [2.45, 2.75) is 0 Å². The monoisotopic (exact) mass is 309 g/mol. The second kappa shape index (κ2) is 6.41. The van der Waals surface area contributed by atoms with Gasteiger partial charge in [0.15, 0.2) is 0 Å². The summed E-state index contributed by atoms with van der Waals surface area (Å²) in [7, 11) is 1.75. The molecule has 3 aromatic rings. The maximum absolute atomic E-state index is 9.52. The second-order valence-electron chi connectivity index (χ2n) is 4.64. The number of rotatable bonds is 3. The predicted molar refractivity (Wildman–Crippen MR) is 90.3 cm³/mol. The summed E-state index contributed by atoms with van der Waals surface area (Å²) in [5.74, 6) is 0.225. The summed E-state index contributed by atoms with van der Waals surface area (Å²) < 4.78 is 1.81. The third kappa shape index (κ3) is 2.99. The first kappa shape index (κ1) is 14.3. The molecule has 0 spiro atoms. The van der Waals surface area contributed by atoms with Crippen molar-refractivity contribution in [2.24, 2.45) is 10.1 Å². The van der Waals surface area contributed by atoms with E-state index in [0.29, 0.717) is 0 Å². The molecule has 3 rings (SSSR count). The van der Waals surface area contributed by atoms with E-state index >= 15 is 0 Å². The highest BCUT2D eigenvalue weighted by atomic mass is 32.1. The van der Waals surface area contributed by atoms with Crippen LogP contribution in [0.2, 0.25) is 0 Å². The van der Waals surface area contributed by atoms with Crippen molar-refractivity contribution in [2.75, 3.05) is 7.05 Å². The molecule has 1 aromatic heterocycles. The van der Waals surface area contributed by atoms with Crippen LogP contribution < -0.4 is 4.80 Å². The molecular formula is C17H15N3OS. The molecule has 2 aromatic carbocycles. The summed E-state index contributed by atoms with van der Waals surface area (Å²) in [5.41, 5.74) is 2.91. The lowest BCUT2D eigenvalue weighted by Gasteiger charge is -2.03.